The van der Waals surface area contributed by atoms with Crippen LogP contribution in [0.25, 0.3) is 0 Å². The first kappa shape index (κ1) is 14.3. The summed E-state index contributed by atoms with van der Waals surface area (Å²) in [6, 6.07) is 2.07. The van der Waals surface area contributed by atoms with Crippen LogP contribution in [0.3, 0.4) is 0 Å². The van der Waals surface area contributed by atoms with Gasteiger partial charge in [-0.15, -0.1) is 0 Å². The SMILES string of the molecule is CCNCC1CCCN(c2ncc(Br)cc2Br)C1. The minimum atomic E-state index is 0.732. The van der Waals surface area contributed by atoms with Crippen LogP contribution in [0, 0.1) is 5.92 Å². The molecule has 0 aromatic carbocycles. The molecule has 2 heterocycles. The lowest BCUT2D eigenvalue weighted by Crippen LogP contribution is -2.40. The van der Waals surface area contributed by atoms with E-state index in [-0.39, 0.29) is 0 Å². The van der Waals surface area contributed by atoms with Crippen molar-refractivity contribution in [3.63, 3.8) is 0 Å². The summed E-state index contributed by atoms with van der Waals surface area (Å²) in [6.07, 6.45) is 4.44. The minimum Gasteiger partial charge on any atom is -0.355 e. The van der Waals surface area contributed by atoms with Crippen LogP contribution >= 0.6 is 31.9 Å². The van der Waals surface area contributed by atoms with Gasteiger partial charge in [-0.05, 0) is 69.8 Å². The first-order valence-corrected chi connectivity index (χ1v) is 8.06. The van der Waals surface area contributed by atoms with Crippen molar-refractivity contribution in [1.82, 2.24) is 10.3 Å². The molecule has 1 saturated heterocycles. The molecule has 1 atom stereocenters. The van der Waals surface area contributed by atoms with E-state index in [4.69, 9.17) is 0 Å². The zero-order chi connectivity index (χ0) is 13.0. The van der Waals surface area contributed by atoms with Gasteiger partial charge in [0.25, 0.3) is 0 Å². The number of pyridine rings is 1. The van der Waals surface area contributed by atoms with Crippen molar-refractivity contribution in [3.05, 3.63) is 21.2 Å². The lowest BCUT2D eigenvalue weighted by molar-refractivity contribution is 0.394. The van der Waals surface area contributed by atoms with Crippen LogP contribution in [0.1, 0.15) is 19.8 Å². The van der Waals surface area contributed by atoms with E-state index in [9.17, 15) is 0 Å². The number of hydrogen-bond acceptors (Lipinski definition) is 3. The van der Waals surface area contributed by atoms with Gasteiger partial charge in [-0.25, -0.2) is 4.98 Å². The highest BCUT2D eigenvalue weighted by Crippen LogP contribution is 2.29. The average molecular weight is 377 g/mol. The molecule has 1 aliphatic heterocycles. The first-order chi connectivity index (χ1) is 8.70. The quantitative estimate of drug-likeness (QED) is 0.872. The smallest absolute Gasteiger partial charge is 0.142 e. The number of nitrogens with one attached hydrogen (secondary N) is 1. The predicted molar refractivity (Wildman–Crippen MR) is 83.1 cm³/mol. The van der Waals surface area contributed by atoms with E-state index in [1.54, 1.807) is 0 Å². The summed E-state index contributed by atoms with van der Waals surface area (Å²) in [5, 5.41) is 3.45. The van der Waals surface area contributed by atoms with Crippen molar-refractivity contribution in [2.24, 2.45) is 5.92 Å². The Labute approximate surface area is 126 Å². The second kappa shape index (κ2) is 6.87. The highest BCUT2D eigenvalue weighted by Gasteiger charge is 2.21. The lowest BCUT2D eigenvalue weighted by Gasteiger charge is -2.34. The standard InChI is InChI=1S/C13H19Br2N3/c1-2-16-7-10-4-3-5-18(9-10)13-12(15)6-11(14)8-17-13/h6,8,10,16H,2-5,7,9H2,1H3. The Kier molecular flexibility index (Phi) is 5.45. The van der Waals surface area contributed by atoms with Crippen LogP contribution in [0.5, 0.6) is 0 Å². The molecule has 1 aliphatic rings. The predicted octanol–water partition coefficient (Wildman–Crippen LogP) is 3.43. The van der Waals surface area contributed by atoms with E-state index in [0.29, 0.717) is 0 Å². The van der Waals surface area contributed by atoms with Gasteiger partial charge in [0.15, 0.2) is 0 Å². The van der Waals surface area contributed by atoms with Crippen molar-refractivity contribution < 1.29 is 0 Å². The van der Waals surface area contributed by atoms with E-state index < -0.39 is 0 Å². The molecule has 0 aliphatic carbocycles. The van der Waals surface area contributed by atoms with Crippen LogP contribution < -0.4 is 10.2 Å². The molecule has 1 aromatic rings. The van der Waals surface area contributed by atoms with Gasteiger partial charge in [0.05, 0.1) is 4.47 Å². The van der Waals surface area contributed by atoms with Gasteiger partial charge < -0.3 is 10.2 Å². The Hall–Kier alpha value is -0.130. The van der Waals surface area contributed by atoms with E-state index in [2.05, 4.69) is 60.1 Å². The number of anilines is 1. The zero-order valence-electron chi connectivity index (χ0n) is 10.6. The monoisotopic (exact) mass is 375 g/mol. The molecule has 1 aromatic heterocycles. The first-order valence-electron chi connectivity index (χ1n) is 6.47. The molecule has 0 bridgehead atoms. The molecule has 0 saturated carbocycles. The van der Waals surface area contributed by atoms with Crippen LogP contribution in [-0.4, -0.2) is 31.2 Å². The van der Waals surface area contributed by atoms with Crippen molar-refractivity contribution in [3.8, 4) is 0 Å². The maximum atomic E-state index is 4.53. The summed E-state index contributed by atoms with van der Waals surface area (Å²) in [4.78, 5) is 6.92. The third-order valence-corrected chi connectivity index (χ3v) is 4.31. The molecule has 0 spiro atoms. The molecule has 0 radical (unpaired) electrons. The summed E-state index contributed by atoms with van der Waals surface area (Å²) < 4.78 is 2.08. The number of halogens is 2. The Morgan fingerprint density at radius 2 is 2.33 bits per heavy atom. The normalized spacial score (nSPS) is 20.2. The highest BCUT2D eigenvalue weighted by atomic mass is 79.9. The summed E-state index contributed by atoms with van der Waals surface area (Å²) in [5.74, 6) is 1.80. The third kappa shape index (κ3) is 3.68. The number of piperidine rings is 1. The van der Waals surface area contributed by atoms with Crippen molar-refractivity contribution in [2.45, 2.75) is 19.8 Å². The average Bonchev–Trinajstić information content (AvgIpc) is 2.36. The second-order valence-corrected chi connectivity index (χ2v) is 6.49. The number of hydrogen-bond donors (Lipinski definition) is 1. The molecule has 1 N–H and O–H groups in total. The van der Waals surface area contributed by atoms with Gasteiger partial charge in [-0.1, -0.05) is 6.92 Å². The Morgan fingerprint density at radius 1 is 1.50 bits per heavy atom. The fourth-order valence-electron chi connectivity index (χ4n) is 2.41. The number of nitrogens with zero attached hydrogens (tertiary/aromatic N) is 2. The molecule has 18 heavy (non-hydrogen) atoms. The molecule has 2 rings (SSSR count). The van der Waals surface area contributed by atoms with Crippen LogP contribution in [0.2, 0.25) is 0 Å². The Bertz CT molecular complexity index is 398. The summed E-state index contributed by atoms with van der Waals surface area (Å²) in [7, 11) is 0. The molecule has 3 nitrogen and oxygen atoms in total. The van der Waals surface area contributed by atoms with Crippen molar-refractivity contribution >= 4 is 37.7 Å². The van der Waals surface area contributed by atoms with E-state index in [0.717, 1.165) is 46.9 Å². The largest absolute Gasteiger partial charge is 0.355 e. The van der Waals surface area contributed by atoms with Gasteiger partial charge in [0.2, 0.25) is 0 Å². The molecule has 100 valence electrons. The van der Waals surface area contributed by atoms with Gasteiger partial charge in [0, 0.05) is 23.8 Å². The Morgan fingerprint density at radius 3 is 3.06 bits per heavy atom. The molecular formula is C13H19Br2N3. The number of rotatable bonds is 4. The number of aromatic nitrogens is 1. The maximum Gasteiger partial charge on any atom is 0.142 e. The van der Waals surface area contributed by atoms with Crippen molar-refractivity contribution in [1.29, 1.82) is 0 Å². The van der Waals surface area contributed by atoms with Gasteiger partial charge in [-0.2, -0.15) is 0 Å². The van der Waals surface area contributed by atoms with Gasteiger partial charge in [-0.3, -0.25) is 0 Å². The summed E-state index contributed by atoms with van der Waals surface area (Å²) in [5.41, 5.74) is 0. The molecular weight excluding hydrogens is 358 g/mol. The lowest BCUT2D eigenvalue weighted by atomic mass is 9.98. The van der Waals surface area contributed by atoms with Crippen LogP contribution in [-0.2, 0) is 0 Å². The fraction of sp³-hybridized carbons (Fsp3) is 0.615. The van der Waals surface area contributed by atoms with Gasteiger partial charge >= 0.3 is 0 Å². The maximum absolute atomic E-state index is 4.53. The minimum absolute atomic E-state index is 0.732. The zero-order valence-corrected chi connectivity index (χ0v) is 13.8. The second-order valence-electron chi connectivity index (χ2n) is 4.72. The summed E-state index contributed by atoms with van der Waals surface area (Å²) in [6.45, 7) is 6.53. The molecule has 5 heteroatoms. The topological polar surface area (TPSA) is 28.2 Å². The molecule has 1 unspecified atom stereocenters. The van der Waals surface area contributed by atoms with Crippen LogP contribution in [0.4, 0.5) is 5.82 Å². The van der Waals surface area contributed by atoms with E-state index in [1.807, 2.05) is 6.20 Å². The van der Waals surface area contributed by atoms with E-state index >= 15 is 0 Å². The van der Waals surface area contributed by atoms with Crippen molar-refractivity contribution in [2.75, 3.05) is 31.1 Å². The highest BCUT2D eigenvalue weighted by molar-refractivity contribution is 9.11. The summed E-state index contributed by atoms with van der Waals surface area (Å²) >= 11 is 7.05. The Balaban J connectivity index is 2.03. The van der Waals surface area contributed by atoms with Crippen LogP contribution in [0.15, 0.2) is 21.2 Å². The van der Waals surface area contributed by atoms with Gasteiger partial charge in [0.1, 0.15) is 5.82 Å². The van der Waals surface area contributed by atoms with E-state index in [1.165, 1.54) is 12.8 Å². The molecule has 0 amide bonds. The fourth-order valence-corrected chi connectivity index (χ4v) is 3.65. The molecule has 1 fully saturated rings. The third-order valence-electron chi connectivity index (χ3n) is 3.29.